The van der Waals surface area contributed by atoms with Crippen molar-refractivity contribution in [1.29, 1.82) is 0 Å². The van der Waals surface area contributed by atoms with Gasteiger partial charge in [0.1, 0.15) is 24.0 Å². The van der Waals surface area contributed by atoms with Gasteiger partial charge in [-0.2, -0.15) is 0 Å². The van der Waals surface area contributed by atoms with Gasteiger partial charge in [0.2, 0.25) is 5.91 Å². The summed E-state index contributed by atoms with van der Waals surface area (Å²) in [4.78, 5) is 29.8. The molecule has 0 bridgehead atoms. The van der Waals surface area contributed by atoms with Crippen LogP contribution in [-0.4, -0.2) is 67.7 Å². The van der Waals surface area contributed by atoms with Gasteiger partial charge in [-0.15, -0.1) is 0 Å². The van der Waals surface area contributed by atoms with Crippen LogP contribution < -0.4 is 10.1 Å². The molecule has 8 nitrogen and oxygen atoms in total. The molecule has 1 N–H and O–H groups in total. The molecule has 0 aliphatic heterocycles. The van der Waals surface area contributed by atoms with Crippen LogP contribution in [0.15, 0.2) is 103 Å². The van der Waals surface area contributed by atoms with Crippen LogP contribution in [0.5, 0.6) is 5.75 Å². The molecule has 0 heterocycles. The van der Waals surface area contributed by atoms with E-state index < -0.39 is 18.4 Å². The van der Waals surface area contributed by atoms with Crippen molar-refractivity contribution < 1.29 is 28.5 Å². The number of nitrogens with zero attached hydrogens (tertiary/aromatic N) is 1. The van der Waals surface area contributed by atoms with E-state index in [1.165, 1.54) is 0 Å². The van der Waals surface area contributed by atoms with Gasteiger partial charge in [0, 0.05) is 32.1 Å². The molecule has 2 amide bonds. The summed E-state index contributed by atoms with van der Waals surface area (Å²) in [5, 5.41) is 2.94. The van der Waals surface area contributed by atoms with Gasteiger partial charge in [-0.05, 0) is 86.6 Å². The molecule has 8 heteroatoms. The lowest BCUT2D eigenvalue weighted by atomic mass is 9.98. The Morgan fingerprint density at radius 2 is 1.34 bits per heavy atom. The van der Waals surface area contributed by atoms with Crippen LogP contribution in [-0.2, 0) is 31.8 Å². The maximum Gasteiger partial charge on any atom is 0.407 e. The molecule has 0 saturated carbocycles. The number of amides is 2. The molecule has 5 rings (SSSR count). The Balaban J connectivity index is 1.37. The lowest BCUT2D eigenvalue weighted by Gasteiger charge is -2.31. The average molecular weight is 679 g/mol. The number of carbonyl (C=O) groups is 2. The summed E-state index contributed by atoms with van der Waals surface area (Å²) >= 11 is 0. The minimum atomic E-state index is -0.903. The summed E-state index contributed by atoms with van der Waals surface area (Å²) in [5.41, 5.74) is 6.17. The standard InChI is InChI=1S/C42H50N2O6/c1-6-47-39(48-7-2)28-44(26-25-30-15-9-8-10-16-30)40(45)38(27-31-21-23-32(24-22-31)50-42(3,4)5)43-41(46)49-29-37-35-19-13-11-17-33(35)34-18-12-14-20-36(34)37/h8-24,37-39H,6-7,25-29H2,1-5H3,(H,43,46). The van der Waals surface area contributed by atoms with Crippen molar-refractivity contribution in [3.8, 4) is 16.9 Å². The van der Waals surface area contributed by atoms with Crippen LogP contribution in [0.4, 0.5) is 4.79 Å². The van der Waals surface area contributed by atoms with Crippen LogP contribution >= 0.6 is 0 Å². The molecule has 0 spiro atoms. The molecular weight excluding hydrogens is 628 g/mol. The van der Waals surface area contributed by atoms with Crippen LogP contribution in [0.3, 0.4) is 0 Å². The van der Waals surface area contributed by atoms with E-state index >= 15 is 0 Å². The van der Waals surface area contributed by atoms with E-state index in [-0.39, 0.29) is 37.0 Å². The smallest absolute Gasteiger partial charge is 0.407 e. The Kier molecular flexibility index (Phi) is 12.7. The number of benzene rings is 4. The van der Waals surface area contributed by atoms with Gasteiger partial charge in [-0.3, -0.25) is 4.79 Å². The van der Waals surface area contributed by atoms with Crippen molar-refractivity contribution in [3.63, 3.8) is 0 Å². The van der Waals surface area contributed by atoms with Crippen molar-refractivity contribution in [2.75, 3.05) is 32.9 Å². The third kappa shape index (κ3) is 9.96. The summed E-state index contributed by atoms with van der Waals surface area (Å²) in [6, 6.07) is 33.2. The normalized spacial score (nSPS) is 13.0. The van der Waals surface area contributed by atoms with Gasteiger partial charge in [0.25, 0.3) is 0 Å². The number of alkyl carbamates (subject to hydrolysis) is 1. The number of carbonyl (C=O) groups excluding carboxylic acids is 2. The Hall–Kier alpha value is -4.66. The number of nitrogens with one attached hydrogen (secondary N) is 1. The second-order valence-corrected chi connectivity index (χ2v) is 13.4. The minimum Gasteiger partial charge on any atom is -0.488 e. The molecule has 1 aliphatic carbocycles. The van der Waals surface area contributed by atoms with E-state index in [2.05, 4.69) is 29.6 Å². The molecule has 0 fully saturated rings. The van der Waals surface area contributed by atoms with Gasteiger partial charge in [0.15, 0.2) is 6.29 Å². The average Bonchev–Trinajstić information content (AvgIpc) is 3.43. The fourth-order valence-electron chi connectivity index (χ4n) is 6.39. The molecule has 4 aromatic carbocycles. The number of hydrogen-bond donors (Lipinski definition) is 1. The van der Waals surface area contributed by atoms with Crippen molar-refractivity contribution in [2.24, 2.45) is 0 Å². The molecule has 0 aromatic heterocycles. The number of hydrogen-bond acceptors (Lipinski definition) is 6. The molecule has 0 saturated heterocycles. The third-order valence-corrected chi connectivity index (χ3v) is 8.62. The maximum absolute atomic E-state index is 14.5. The van der Waals surface area contributed by atoms with Gasteiger partial charge < -0.3 is 29.2 Å². The van der Waals surface area contributed by atoms with E-state index in [4.69, 9.17) is 18.9 Å². The lowest BCUT2D eigenvalue weighted by molar-refractivity contribution is -0.159. The summed E-state index contributed by atoms with van der Waals surface area (Å²) in [6.45, 7) is 11.4. The first-order chi connectivity index (χ1) is 24.1. The quantitative estimate of drug-likeness (QED) is 0.122. The maximum atomic E-state index is 14.5. The summed E-state index contributed by atoms with van der Waals surface area (Å²) in [7, 11) is 0. The summed E-state index contributed by atoms with van der Waals surface area (Å²) in [5.74, 6) is 0.390. The van der Waals surface area contributed by atoms with Crippen LogP contribution in [0.1, 0.15) is 62.8 Å². The van der Waals surface area contributed by atoms with E-state index in [0.29, 0.717) is 26.2 Å². The molecule has 0 radical (unpaired) electrons. The second-order valence-electron chi connectivity index (χ2n) is 13.4. The van der Waals surface area contributed by atoms with Crippen molar-refractivity contribution in [3.05, 3.63) is 125 Å². The largest absolute Gasteiger partial charge is 0.488 e. The van der Waals surface area contributed by atoms with Gasteiger partial charge >= 0.3 is 6.09 Å². The first kappa shape index (κ1) is 36.6. The Labute approximate surface area is 296 Å². The van der Waals surface area contributed by atoms with E-state index in [9.17, 15) is 9.59 Å². The monoisotopic (exact) mass is 678 g/mol. The second kappa shape index (κ2) is 17.3. The predicted molar refractivity (Wildman–Crippen MR) is 196 cm³/mol. The van der Waals surface area contributed by atoms with Gasteiger partial charge in [-0.1, -0.05) is 91.0 Å². The first-order valence-electron chi connectivity index (χ1n) is 17.6. The minimum absolute atomic E-state index is 0.0989. The highest BCUT2D eigenvalue weighted by Gasteiger charge is 2.32. The van der Waals surface area contributed by atoms with Crippen LogP contribution in [0.2, 0.25) is 0 Å². The molecule has 50 heavy (non-hydrogen) atoms. The van der Waals surface area contributed by atoms with Gasteiger partial charge in [-0.25, -0.2) is 4.79 Å². The third-order valence-electron chi connectivity index (χ3n) is 8.62. The highest BCUT2D eigenvalue weighted by atomic mass is 16.7. The van der Waals surface area contributed by atoms with Gasteiger partial charge in [0.05, 0.1) is 6.54 Å². The fourth-order valence-corrected chi connectivity index (χ4v) is 6.39. The zero-order chi connectivity index (χ0) is 35.5. The SMILES string of the molecule is CCOC(CN(CCc1ccccc1)C(=O)C(Cc1ccc(OC(C)(C)C)cc1)NC(=O)OCC1c2ccccc2-c2ccccc21)OCC. The Morgan fingerprint density at radius 3 is 1.92 bits per heavy atom. The molecule has 1 atom stereocenters. The van der Waals surface area contributed by atoms with Crippen LogP contribution in [0.25, 0.3) is 11.1 Å². The zero-order valence-electron chi connectivity index (χ0n) is 29.9. The molecule has 1 aliphatic rings. The predicted octanol–water partition coefficient (Wildman–Crippen LogP) is 7.78. The lowest BCUT2D eigenvalue weighted by Crippen LogP contribution is -2.52. The highest BCUT2D eigenvalue weighted by Crippen LogP contribution is 2.44. The fraction of sp³-hybridized carbons (Fsp3) is 0.381. The number of fused-ring (bicyclic) bond motifs is 3. The van der Waals surface area contributed by atoms with Crippen molar-refractivity contribution in [2.45, 2.75) is 71.3 Å². The highest BCUT2D eigenvalue weighted by molar-refractivity contribution is 5.86. The summed E-state index contributed by atoms with van der Waals surface area (Å²) in [6.07, 6.45) is -0.358. The van der Waals surface area contributed by atoms with E-state index in [1.807, 2.05) is 113 Å². The number of ether oxygens (including phenoxy) is 4. The van der Waals surface area contributed by atoms with Crippen LogP contribution in [0, 0.1) is 0 Å². The first-order valence-corrected chi connectivity index (χ1v) is 17.6. The van der Waals surface area contributed by atoms with Crippen molar-refractivity contribution in [1.82, 2.24) is 10.2 Å². The Morgan fingerprint density at radius 1 is 0.760 bits per heavy atom. The van der Waals surface area contributed by atoms with E-state index in [1.54, 1.807) is 4.90 Å². The zero-order valence-corrected chi connectivity index (χ0v) is 29.9. The van der Waals surface area contributed by atoms with Crippen molar-refractivity contribution >= 4 is 12.0 Å². The molecule has 4 aromatic rings. The summed E-state index contributed by atoms with van der Waals surface area (Å²) < 4.78 is 23.6. The number of rotatable bonds is 16. The van der Waals surface area contributed by atoms with E-state index in [0.717, 1.165) is 39.1 Å². The molecular formula is C42H50N2O6. The topological polar surface area (TPSA) is 86.3 Å². The molecule has 1 unspecified atom stereocenters. The Bertz CT molecular complexity index is 1630. The molecule has 264 valence electrons.